The molecule has 0 saturated heterocycles. The second kappa shape index (κ2) is 12.3. The molecule has 0 atom stereocenters. The molecule has 0 radical (unpaired) electrons. The largest absolute Gasteiger partial charge is 0.305 e. The van der Waals surface area contributed by atoms with Crippen molar-refractivity contribution < 1.29 is 0 Å². The van der Waals surface area contributed by atoms with Crippen molar-refractivity contribution in [3.63, 3.8) is 0 Å². The van der Waals surface area contributed by atoms with Crippen LogP contribution in [-0.4, -0.2) is 38.6 Å². The van der Waals surface area contributed by atoms with E-state index in [0.717, 1.165) is 88.0 Å². The third-order valence-corrected chi connectivity index (χ3v) is 11.1. The molecule has 0 aliphatic heterocycles. The SMILES string of the molecule is c1ccc(-c2nc(-c3cccc(-n4c5ccccc5c5cccnc54)c3-n3c4ccccc4c4ccncc43)nc(-n3c4ccccc4c4ccccc43)n2)cc1. The third kappa shape index (κ3) is 4.64. The van der Waals surface area contributed by atoms with Gasteiger partial charge in [0.15, 0.2) is 11.6 Å². The van der Waals surface area contributed by atoms with E-state index in [-0.39, 0.29) is 0 Å². The van der Waals surface area contributed by atoms with E-state index < -0.39 is 0 Å². The highest BCUT2D eigenvalue weighted by Crippen LogP contribution is 2.41. The second-order valence-electron chi connectivity index (χ2n) is 14.2. The van der Waals surface area contributed by atoms with Gasteiger partial charge in [-0.25, -0.2) is 9.97 Å². The number of para-hydroxylation sites is 5. The maximum absolute atomic E-state index is 5.44. The Labute approximate surface area is 325 Å². The van der Waals surface area contributed by atoms with Crippen LogP contribution in [0.25, 0.3) is 106 Å². The van der Waals surface area contributed by atoms with Crippen LogP contribution in [0, 0.1) is 0 Å². The molecule has 0 aliphatic rings. The molecule has 8 nitrogen and oxygen atoms in total. The first-order valence-electron chi connectivity index (χ1n) is 18.9. The van der Waals surface area contributed by atoms with Crippen LogP contribution < -0.4 is 0 Å². The number of aromatic nitrogens is 8. The molecule has 0 spiro atoms. The minimum atomic E-state index is 0.537. The molecule has 6 aromatic carbocycles. The van der Waals surface area contributed by atoms with E-state index in [2.05, 4.69) is 158 Å². The summed E-state index contributed by atoms with van der Waals surface area (Å²) in [6, 6.07) is 56.7. The van der Waals surface area contributed by atoms with Crippen LogP contribution in [0.3, 0.4) is 0 Å². The molecule has 266 valence electrons. The van der Waals surface area contributed by atoms with Crippen molar-refractivity contribution in [3.05, 3.63) is 182 Å². The van der Waals surface area contributed by atoms with Gasteiger partial charge in [0, 0.05) is 55.8 Å². The molecule has 12 aromatic rings. The molecule has 8 heteroatoms. The topological polar surface area (TPSA) is 79.2 Å². The number of hydrogen-bond acceptors (Lipinski definition) is 5. The lowest BCUT2D eigenvalue weighted by molar-refractivity contribution is 0.950. The summed E-state index contributed by atoms with van der Waals surface area (Å²) in [4.78, 5) is 25.7. The second-order valence-corrected chi connectivity index (χ2v) is 14.2. The van der Waals surface area contributed by atoms with Crippen LogP contribution >= 0.6 is 0 Å². The van der Waals surface area contributed by atoms with Crippen LogP contribution in [0.1, 0.15) is 0 Å². The first kappa shape index (κ1) is 31.4. The van der Waals surface area contributed by atoms with Gasteiger partial charge in [-0.05, 0) is 54.6 Å². The molecule has 6 aromatic heterocycles. The van der Waals surface area contributed by atoms with Crippen molar-refractivity contribution in [3.8, 4) is 40.1 Å². The first-order valence-corrected chi connectivity index (χ1v) is 18.9. The molecule has 0 bridgehead atoms. The first-order chi connectivity index (χ1) is 28.3. The maximum Gasteiger partial charge on any atom is 0.238 e. The molecular weight excluding hydrogens is 701 g/mol. The van der Waals surface area contributed by atoms with Crippen molar-refractivity contribution in [1.82, 2.24) is 38.6 Å². The summed E-state index contributed by atoms with van der Waals surface area (Å²) in [5, 5.41) is 6.71. The molecule has 6 heterocycles. The number of hydrogen-bond donors (Lipinski definition) is 0. The summed E-state index contributed by atoms with van der Waals surface area (Å²) in [5.41, 5.74) is 9.55. The van der Waals surface area contributed by atoms with E-state index in [1.807, 2.05) is 42.9 Å². The van der Waals surface area contributed by atoms with E-state index in [9.17, 15) is 0 Å². The van der Waals surface area contributed by atoms with Gasteiger partial charge < -0.3 is 4.57 Å². The van der Waals surface area contributed by atoms with Gasteiger partial charge in [-0.2, -0.15) is 9.97 Å². The van der Waals surface area contributed by atoms with Gasteiger partial charge in [-0.3, -0.25) is 14.1 Å². The Morgan fingerprint density at radius 1 is 0.368 bits per heavy atom. The zero-order valence-electron chi connectivity index (χ0n) is 30.4. The highest BCUT2D eigenvalue weighted by Gasteiger charge is 2.25. The van der Waals surface area contributed by atoms with Crippen LogP contribution in [0.15, 0.2) is 182 Å². The highest BCUT2D eigenvalue weighted by atomic mass is 15.2. The number of benzene rings is 6. The molecule has 0 N–H and O–H groups in total. The van der Waals surface area contributed by atoms with Crippen LogP contribution in [-0.2, 0) is 0 Å². The Bertz CT molecular complexity index is 3380. The van der Waals surface area contributed by atoms with Crippen LogP contribution in [0.2, 0.25) is 0 Å². The van der Waals surface area contributed by atoms with E-state index in [4.69, 9.17) is 19.9 Å². The molecule has 0 unspecified atom stereocenters. The van der Waals surface area contributed by atoms with Gasteiger partial charge >= 0.3 is 0 Å². The summed E-state index contributed by atoms with van der Waals surface area (Å²) in [5.74, 6) is 1.66. The van der Waals surface area contributed by atoms with Crippen molar-refractivity contribution in [2.24, 2.45) is 0 Å². The average Bonchev–Trinajstić information content (AvgIpc) is 3.92. The molecule has 57 heavy (non-hydrogen) atoms. The van der Waals surface area contributed by atoms with E-state index in [0.29, 0.717) is 17.6 Å². The van der Waals surface area contributed by atoms with Crippen molar-refractivity contribution in [2.75, 3.05) is 0 Å². The van der Waals surface area contributed by atoms with Crippen molar-refractivity contribution in [2.45, 2.75) is 0 Å². The van der Waals surface area contributed by atoms with E-state index in [1.54, 1.807) is 0 Å². The quantitative estimate of drug-likeness (QED) is 0.176. The lowest BCUT2D eigenvalue weighted by Crippen LogP contribution is -2.10. The molecule has 0 amide bonds. The monoisotopic (exact) mass is 730 g/mol. The maximum atomic E-state index is 5.44. The van der Waals surface area contributed by atoms with E-state index in [1.165, 1.54) is 0 Å². The summed E-state index contributed by atoms with van der Waals surface area (Å²) < 4.78 is 6.75. The summed E-state index contributed by atoms with van der Waals surface area (Å²) in [6.07, 6.45) is 5.67. The zero-order chi connectivity index (χ0) is 37.5. The summed E-state index contributed by atoms with van der Waals surface area (Å²) in [7, 11) is 0. The molecule has 0 aliphatic carbocycles. The van der Waals surface area contributed by atoms with Gasteiger partial charge in [-0.1, -0.05) is 109 Å². The van der Waals surface area contributed by atoms with Crippen LogP contribution in [0.5, 0.6) is 0 Å². The fourth-order valence-corrected chi connectivity index (χ4v) is 8.67. The summed E-state index contributed by atoms with van der Waals surface area (Å²) in [6.45, 7) is 0. The number of nitrogens with zero attached hydrogens (tertiary/aromatic N) is 8. The molecule has 0 saturated carbocycles. The molecule has 12 rings (SSSR count). The smallest absolute Gasteiger partial charge is 0.238 e. The normalized spacial score (nSPS) is 11.9. The minimum absolute atomic E-state index is 0.537. The van der Waals surface area contributed by atoms with Crippen molar-refractivity contribution in [1.29, 1.82) is 0 Å². The fraction of sp³-hybridized carbons (Fsp3) is 0. The van der Waals surface area contributed by atoms with Crippen molar-refractivity contribution >= 4 is 65.5 Å². The Morgan fingerprint density at radius 2 is 0.930 bits per heavy atom. The average molecular weight is 731 g/mol. The highest BCUT2D eigenvalue weighted by molar-refractivity contribution is 6.12. The predicted octanol–water partition coefficient (Wildman–Crippen LogP) is 11.3. The number of rotatable bonds is 5. The van der Waals surface area contributed by atoms with Gasteiger partial charge in [-0.15, -0.1) is 0 Å². The van der Waals surface area contributed by atoms with E-state index >= 15 is 0 Å². The zero-order valence-corrected chi connectivity index (χ0v) is 30.4. The van der Waals surface area contributed by atoms with Crippen LogP contribution in [0.4, 0.5) is 0 Å². The third-order valence-electron chi connectivity index (χ3n) is 11.1. The summed E-state index contributed by atoms with van der Waals surface area (Å²) >= 11 is 0. The number of pyridine rings is 2. The Balaban J connectivity index is 1.25. The van der Waals surface area contributed by atoms with Gasteiger partial charge in [0.05, 0.1) is 45.2 Å². The standard InChI is InChI=1S/C49H30N8/c1-2-14-31(15-3-1)46-52-47(54-49(53-46)57-41-24-10-5-16-32(41)33-17-6-11-25-42(33)57)38-20-12-26-43(56-40-23-9-7-19-35(40)37-21-13-28-51-48(37)56)45(38)55-39-22-8-4-18-34(39)36-27-29-50-30-44(36)55/h1-30H. The lowest BCUT2D eigenvalue weighted by Gasteiger charge is -2.20. The Morgan fingerprint density at radius 3 is 1.63 bits per heavy atom. The fourth-order valence-electron chi connectivity index (χ4n) is 8.67. The van der Waals surface area contributed by atoms with Gasteiger partial charge in [0.25, 0.3) is 0 Å². The Kier molecular flexibility index (Phi) is 6.76. The predicted molar refractivity (Wildman–Crippen MR) is 229 cm³/mol. The Hall–Kier alpha value is -7.97. The lowest BCUT2D eigenvalue weighted by atomic mass is 10.1. The minimum Gasteiger partial charge on any atom is -0.305 e. The van der Waals surface area contributed by atoms with Gasteiger partial charge in [0.1, 0.15) is 5.65 Å². The molecule has 0 fully saturated rings. The van der Waals surface area contributed by atoms with Gasteiger partial charge in [0.2, 0.25) is 5.95 Å². The molecular formula is C49H30N8. The number of fused-ring (bicyclic) bond motifs is 9.